The zero-order chi connectivity index (χ0) is 13.7. The highest BCUT2D eigenvalue weighted by atomic mass is 14.3. The van der Waals surface area contributed by atoms with Crippen molar-refractivity contribution in [1.82, 2.24) is 0 Å². The average molecular weight is 254 g/mol. The molecule has 1 aliphatic rings. The van der Waals surface area contributed by atoms with Crippen molar-refractivity contribution in [2.45, 2.75) is 58.3 Å². The van der Waals surface area contributed by atoms with E-state index in [1.165, 1.54) is 48.8 Å². The zero-order valence-electron chi connectivity index (χ0n) is 12.4. The predicted octanol–water partition coefficient (Wildman–Crippen LogP) is 6.02. The van der Waals surface area contributed by atoms with Crippen LogP contribution >= 0.6 is 0 Å². The number of benzene rings is 1. The summed E-state index contributed by atoms with van der Waals surface area (Å²) >= 11 is 0. The van der Waals surface area contributed by atoms with E-state index in [4.69, 9.17) is 0 Å². The van der Waals surface area contributed by atoms with Gasteiger partial charge in [0.2, 0.25) is 0 Å². The number of unbranched alkanes of at least 4 members (excludes halogenated alkanes) is 1. The molecule has 0 heteroatoms. The highest BCUT2D eigenvalue weighted by Crippen LogP contribution is 2.38. The minimum Gasteiger partial charge on any atom is -0.0958 e. The second-order valence-electron chi connectivity index (χ2n) is 5.86. The van der Waals surface area contributed by atoms with Crippen LogP contribution in [0.1, 0.15) is 68.1 Å². The van der Waals surface area contributed by atoms with Gasteiger partial charge in [0.05, 0.1) is 0 Å². The summed E-state index contributed by atoms with van der Waals surface area (Å²) in [6.45, 7) is 8.56. The maximum Gasteiger partial charge on any atom is -0.0156 e. The fourth-order valence-corrected chi connectivity index (χ4v) is 2.61. The van der Waals surface area contributed by atoms with E-state index in [0.29, 0.717) is 0 Å². The van der Waals surface area contributed by atoms with Gasteiger partial charge in [0, 0.05) is 0 Å². The molecule has 1 aromatic rings. The van der Waals surface area contributed by atoms with Gasteiger partial charge in [0.1, 0.15) is 0 Å². The lowest BCUT2D eigenvalue weighted by atomic mass is 9.77. The molecule has 0 spiro atoms. The van der Waals surface area contributed by atoms with Gasteiger partial charge in [-0.25, -0.2) is 0 Å². The molecule has 0 amide bonds. The van der Waals surface area contributed by atoms with Crippen LogP contribution in [0.25, 0.3) is 6.08 Å². The quantitative estimate of drug-likeness (QED) is 0.544. The van der Waals surface area contributed by atoms with Crippen molar-refractivity contribution in [1.29, 1.82) is 0 Å². The standard InChI is InChI=1S/C19H26/c1-4-5-7-15(2)10-12-18-13-11-16(3)14-19(18)17-8-6-9-17/h10-14,17H,2,4-9H2,1,3H3/b12-10-. The van der Waals surface area contributed by atoms with E-state index in [1.807, 2.05) is 0 Å². The van der Waals surface area contributed by atoms with Crippen LogP contribution in [0.2, 0.25) is 0 Å². The third-order valence-electron chi connectivity index (χ3n) is 4.14. The van der Waals surface area contributed by atoms with E-state index in [-0.39, 0.29) is 0 Å². The first-order valence-corrected chi connectivity index (χ1v) is 7.67. The topological polar surface area (TPSA) is 0 Å². The van der Waals surface area contributed by atoms with Crippen molar-refractivity contribution in [2.24, 2.45) is 0 Å². The minimum atomic E-state index is 0.795. The largest absolute Gasteiger partial charge is 0.0958 e. The zero-order valence-corrected chi connectivity index (χ0v) is 12.4. The normalized spacial score (nSPS) is 15.7. The van der Waals surface area contributed by atoms with Gasteiger partial charge in [-0.05, 0) is 49.7 Å². The number of aryl methyl sites for hydroxylation is 1. The van der Waals surface area contributed by atoms with Gasteiger partial charge in [-0.3, -0.25) is 0 Å². The number of rotatable bonds is 6. The average Bonchev–Trinajstić information content (AvgIpc) is 2.33. The highest BCUT2D eigenvalue weighted by molar-refractivity contribution is 5.58. The maximum atomic E-state index is 4.15. The molecule has 0 saturated heterocycles. The molecule has 1 fully saturated rings. The fraction of sp³-hybridized carbons (Fsp3) is 0.474. The Balaban J connectivity index is 2.10. The van der Waals surface area contributed by atoms with Crippen LogP contribution in [-0.4, -0.2) is 0 Å². The lowest BCUT2D eigenvalue weighted by Crippen LogP contribution is -2.10. The number of hydrogen-bond donors (Lipinski definition) is 0. The van der Waals surface area contributed by atoms with Crippen LogP contribution in [0.5, 0.6) is 0 Å². The van der Waals surface area contributed by atoms with Gasteiger partial charge in [0.15, 0.2) is 0 Å². The van der Waals surface area contributed by atoms with E-state index < -0.39 is 0 Å². The van der Waals surface area contributed by atoms with Crippen molar-refractivity contribution < 1.29 is 0 Å². The summed E-state index contributed by atoms with van der Waals surface area (Å²) in [6.07, 6.45) is 12.2. The van der Waals surface area contributed by atoms with Crippen LogP contribution in [0, 0.1) is 6.92 Å². The summed E-state index contributed by atoms with van der Waals surface area (Å²) in [5.41, 5.74) is 5.57. The molecule has 0 aliphatic heterocycles. The molecule has 0 bridgehead atoms. The van der Waals surface area contributed by atoms with Gasteiger partial charge in [-0.2, -0.15) is 0 Å². The van der Waals surface area contributed by atoms with Crippen molar-refractivity contribution >= 4 is 6.08 Å². The summed E-state index contributed by atoms with van der Waals surface area (Å²) in [7, 11) is 0. The van der Waals surface area contributed by atoms with Crippen LogP contribution in [0.3, 0.4) is 0 Å². The molecular formula is C19H26. The minimum absolute atomic E-state index is 0.795. The first-order valence-electron chi connectivity index (χ1n) is 7.67. The van der Waals surface area contributed by atoms with E-state index in [9.17, 15) is 0 Å². The molecule has 102 valence electrons. The molecular weight excluding hydrogens is 228 g/mol. The Morgan fingerprint density at radius 1 is 1.37 bits per heavy atom. The van der Waals surface area contributed by atoms with Gasteiger partial charge >= 0.3 is 0 Å². The van der Waals surface area contributed by atoms with Crippen LogP contribution in [0.4, 0.5) is 0 Å². The molecule has 0 atom stereocenters. The molecule has 0 N–H and O–H groups in total. The van der Waals surface area contributed by atoms with Crippen molar-refractivity contribution in [2.75, 3.05) is 0 Å². The molecule has 1 aromatic carbocycles. The fourth-order valence-electron chi connectivity index (χ4n) is 2.61. The molecule has 19 heavy (non-hydrogen) atoms. The Morgan fingerprint density at radius 3 is 2.79 bits per heavy atom. The Morgan fingerprint density at radius 2 is 2.16 bits per heavy atom. The summed E-state index contributed by atoms with van der Waals surface area (Å²) in [4.78, 5) is 0. The lowest BCUT2D eigenvalue weighted by Gasteiger charge is -2.27. The molecule has 1 aliphatic carbocycles. The van der Waals surface area contributed by atoms with Crippen LogP contribution in [-0.2, 0) is 0 Å². The first-order chi connectivity index (χ1) is 9.20. The Hall–Kier alpha value is -1.30. The summed E-state index contributed by atoms with van der Waals surface area (Å²) in [5, 5.41) is 0. The third-order valence-corrected chi connectivity index (χ3v) is 4.14. The molecule has 0 aromatic heterocycles. The van der Waals surface area contributed by atoms with Gasteiger partial charge < -0.3 is 0 Å². The summed E-state index contributed by atoms with van der Waals surface area (Å²) in [6, 6.07) is 6.86. The van der Waals surface area contributed by atoms with Gasteiger partial charge in [0.25, 0.3) is 0 Å². The number of allylic oxidation sites excluding steroid dienone is 2. The van der Waals surface area contributed by atoms with Crippen molar-refractivity contribution in [3.05, 3.63) is 53.1 Å². The summed E-state index contributed by atoms with van der Waals surface area (Å²) < 4.78 is 0. The molecule has 0 radical (unpaired) electrons. The second-order valence-corrected chi connectivity index (χ2v) is 5.86. The smallest absolute Gasteiger partial charge is 0.0156 e. The monoisotopic (exact) mass is 254 g/mol. The van der Waals surface area contributed by atoms with E-state index in [2.05, 4.69) is 50.8 Å². The van der Waals surface area contributed by atoms with Crippen molar-refractivity contribution in [3.63, 3.8) is 0 Å². The van der Waals surface area contributed by atoms with Crippen molar-refractivity contribution in [3.8, 4) is 0 Å². The molecule has 0 heterocycles. The first kappa shape index (κ1) is 14.1. The molecule has 1 saturated carbocycles. The Bertz CT molecular complexity index is 461. The highest BCUT2D eigenvalue weighted by Gasteiger charge is 2.21. The van der Waals surface area contributed by atoms with Crippen LogP contribution < -0.4 is 0 Å². The Labute approximate surface area is 118 Å². The molecule has 0 nitrogen and oxygen atoms in total. The summed E-state index contributed by atoms with van der Waals surface area (Å²) in [5.74, 6) is 0.795. The van der Waals surface area contributed by atoms with E-state index >= 15 is 0 Å². The predicted molar refractivity (Wildman–Crippen MR) is 85.5 cm³/mol. The van der Waals surface area contributed by atoms with E-state index in [0.717, 1.165) is 12.3 Å². The number of hydrogen-bond acceptors (Lipinski definition) is 0. The van der Waals surface area contributed by atoms with Crippen LogP contribution in [0.15, 0.2) is 36.4 Å². The van der Waals surface area contributed by atoms with Gasteiger partial charge in [-0.15, -0.1) is 0 Å². The third kappa shape index (κ3) is 3.83. The molecule has 2 rings (SSSR count). The second kappa shape index (κ2) is 6.75. The Kier molecular flexibility index (Phi) is 5.01. The lowest BCUT2D eigenvalue weighted by molar-refractivity contribution is 0.419. The maximum absolute atomic E-state index is 4.15. The van der Waals surface area contributed by atoms with E-state index in [1.54, 1.807) is 5.56 Å². The molecule has 0 unspecified atom stereocenters. The SMILES string of the molecule is C=C(/C=C\c1ccc(C)cc1C1CCC1)CCCC. The van der Waals surface area contributed by atoms with Gasteiger partial charge in [-0.1, -0.05) is 67.8 Å².